The van der Waals surface area contributed by atoms with Gasteiger partial charge in [0.2, 0.25) is 5.91 Å². The van der Waals surface area contributed by atoms with Crippen LogP contribution < -0.4 is 5.32 Å². The predicted octanol–water partition coefficient (Wildman–Crippen LogP) is 2.69. The van der Waals surface area contributed by atoms with E-state index in [-0.39, 0.29) is 22.8 Å². The van der Waals surface area contributed by atoms with E-state index in [2.05, 4.69) is 9.88 Å². The van der Waals surface area contributed by atoms with Gasteiger partial charge in [0.05, 0.1) is 11.6 Å². The van der Waals surface area contributed by atoms with E-state index in [1.54, 1.807) is 11.9 Å². The third kappa shape index (κ3) is 3.85. The third-order valence-corrected chi connectivity index (χ3v) is 4.71. The van der Waals surface area contributed by atoms with E-state index in [1.807, 2.05) is 18.3 Å². The molecule has 2 heterocycles. The Morgan fingerprint density at radius 1 is 1.32 bits per heavy atom. The molecule has 132 valence electrons. The molecule has 0 spiro atoms. The number of nitrogens with zero attached hydrogens (tertiary/aromatic N) is 2. The summed E-state index contributed by atoms with van der Waals surface area (Å²) in [5.74, 6) is -0.842. The molecule has 1 aromatic carbocycles. The van der Waals surface area contributed by atoms with Crippen LogP contribution in [0.15, 0.2) is 36.5 Å². The molecule has 3 rings (SSSR count). The molecule has 0 saturated heterocycles. The Labute approximate surface area is 150 Å². The maximum absolute atomic E-state index is 13.4. The molecule has 1 N–H and O–H groups in total. The van der Waals surface area contributed by atoms with Crippen LogP contribution >= 0.6 is 11.6 Å². The lowest BCUT2D eigenvalue weighted by Gasteiger charge is -2.24. The second-order valence-corrected chi connectivity index (χ2v) is 6.62. The first-order valence-corrected chi connectivity index (χ1v) is 8.44. The van der Waals surface area contributed by atoms with Crippen LogP contribution in [-0.4, -0.2) is 34.9 Å². The van der Waals surface area contributed by atoms with E-state index in [1.165, 1.54) is 18.2 Å². The Balaban J connectivity index is 1.87. The summed E-state index contributed by atoms with van der Waals surface area (Å²) in [5.41, 5.74) is 1.34. The lowest BCUT2D eigenvalue weighted by molar-refractivity contribution is -0.121. The minimum absolute atomic E-state index is 0.00605. The van der Waals surface area contributed by atoms with Gasteiger partial charge in [0.15, 0.2) is 0 Å². The summed E-state index contributed by atoms with van der Waals surface area (Å²) in [4.78, 5) is 26.4. The third-order valence-electron chi connectivity index (χ3n) is 4.42. The van der Waals surface area contributed by atoms with Gasteiger partial charge in [0.25, 0.3) is 5.91 Å². The van der Waals surface area contributed by atoms with Gasteiger partial charge in [-0.15, -0.1) is 0 Å². The molecule has 0 fully saturated rings. The van der Waals surface area contributed by atoms with Crippen molar-refractivity contribution in [1.29, 1.82) is 0 Å². The molecule has 1 aliphatic heterocycles. The fourth-order valence-electron chi connectivity index (χ4n) is 3.14. The second-order valence-electron chi connectivity index (χ2n) is 6.21. The molecule has 0 unspecified atom stereocenters. The van der Waals surface area contributed by atoms with E-state index in [9.17, 15) is 14.0 Å². The zero-order chi connectivity index (χ0) is 18.0. The maximum Gasteiger partial charge on any atom is 0.254 e. The monoisotopic (exact) mass is 363 g/mol. The summed E-state index contributed by atoms with van der Waals surface area (Å²) in [6.07, 6.45) is 2.29. The van der Waals surface area contributed by atoms with E-state index in [0.29, 0.717) is 31.6 Å². The molecule has 1 atom stereocenters. The fourth-order valence-corrected chi connectivity index (χ4v) is 3.32. The normalized spacial score (nSPS) is 16.9. The highest BCUT2D eigenvalue weighted by Crippen LogP contribution is 2.23. The maximum atomic E-state index is 13.4. The van der Waals surface area contributed by atoms with Crippen LogP contribution in [0, 0.1) is 11.7 Å². The molecular weight excluding hydrogens is 345 g/mol. The van der Waals surface area contributed by atoms with Crippen LogP contribution in [0.4, 0.5) is 4.39 Å². The Kier molecular flexibility index (Phi) is 5.08. The minimum Gasteiger partial charge on any atom is -0.359 e. The number of benzene rings is 1. The van der Waals surface area contributed by atoms with E-state index >= 15 is 0 Å². The van der Waals surface area contributed by atoms with Crippen molar-refractivity contribution in [3.8, 4) is 0 Å². The van der Waals surface area contributed by atoms with Crippen LogP contribution in [0.3, 0.4) is 0 Å². The van der Waals surface area contributed by atoms with Gasteiger partial charge >= 0.3 is 0 Å². The zero-order valence-corrected chi connectivity index (χ0v) is 14.6. The average Bonchev–Trinajstić information content (AvgIpc) is 2.95. The molecule has 0 saturated carbocycles. The average molecular weight is 364 g/mol. The Bertz CT molecular complexity index is 805. The minimum atomic E-state index is -0.555. The molecule has 1 aromatic heterocycles. The Hall–Kier alpha value is -2.34. The van der Waals surface area contributed by atoms with Crippen molar-refractivity contribution in [2.45, 2.75) is 19.5 Å². The van der Waals surface area contributed by atoms with Crippen LogP contribution in [0.25, 0.3) is 0 Å². The first kappa shape index (κ1) is 17.5. The Morgan fingerprint density at radius 3 is 2.84 bits per heavy atom. The Morgan fingerprint density at radius 2 is 2.12 bits per heavy atom. The predicted molar refractivity (Wildman–Crippen MR) is 92.8 cm³/mol. The van der Waals surface area contributed by atoms with Gasteiger partial charge in [-0.1, -0.05) is 11.6 Å². The van der Waals surface area contributed by atoms with Gasteiger partial charge in [-0.3, -0.25) is 9.59 Å². The van der Waals surface area contributed by atoms with Crippen LogP contribution in [0.1, 0.15) is 22.5 Å². The lowest BCUT2D eigenvalue weighted by Crippen LogP contribution is -2.35. The van der Waals surface area contributed by atoms with Gasteiger partial charge in [0.1, 0.15) is 5.82 Å². The van der Waals surface area contributed by atoms with Crippen molar-refractivity contribution in [2.75, 3.05) is 13.6 Å². The van der Waals surface area contributed by atoms with Crippen molar-refractivity contribution in [3.05, 3.63) is 58.6 Å². The number of rotatable bonds is 3. The number of hydrogen-bond donors (Lipinski definition) is 1. The van der Waals surface area contributed by atoms with E-state index in [4.69, 9.17) is 11.6 Å². The van der Waals surface area contributed by atoms with Gasteiger partial charge < -0.3 is 14.8 Å². The molecule has 0 radical (unpaired) electrons. The van der Waals surface area contributed by atoms with E-state index < -0.39 is 5.82 Å². The number of amides is 2. The molecule has 25 heavy (non-hydrogen) atoms. The number of fused-ring (bicyclic) bond motifs is 1. The van der Waals surface area contributed by atoms with Crippen molar-refractivity contribution in [1.82, 2.24) is 14.8 Å². The summed E-state index contributed by atoms with van der Waals surface area (Å²) in [6, 6.07) is 7.85. The van der Waals surface area contributed by atoms with Gasteiger partial charge in [-0.25, -0.2) is 4.39 Å². The molecule has 2 aromatic rings. The quantitative estimate of drug-likeness (QED) is 0.911. The summed E-state index contributed by atoms with van der Waals surface area (Å²) in [5, 5.41) is 2.55. The number of hydrogen-bond acceptors (Lipinski definition) is 2. The number of carbonyl (C=O) groups is 2. The molecule has 0 aliphatic carbocycles. The lowest BCUT2D eigenvalue weighted by atomic mass is 10.0. The fraction of sp³-hybridized carbons (Fsp3) is 0.333. The first-order valence-electron chi connectivity index (χ1n) is 8.07. The first-order chi connectivity index (χ1) is 12.0. The number of carbonyl (C=O) groups excluding carboxylic acids is 2. The van der Waals surface area contributed by atoms with E-state index in [0.717, 1.165) is 5.69 Å². The van der Waals surface area contributed by atoms with Crippen LogP contribution in [0.5, 0.6) is 0 Å². The van der Waals surface area contributed by atoms with Gasteiger partial charge in [0, 0.05) is 49.9 Å². The van der Waals surface area contributed by atoms with Crippen molar-refractivity contribution >= 4 is 23.4 Å². The van der Waals surface area contributed by atoms with Crippen molar-refractivity contribution in [2.24, 2.45) is 5.92 Å². The molecule has 5 nitrogen and oxygen atoms in total. The topological polar surface area (TPSA) is 54.3 Å². The summed E-state index contributed by atoms with van der Waals surface area (Å²) in [6.45, 7) is 1.55. The number of halogens is 2. The highest BCUT2D eigenvalue weighted by Gasteiger charge is 2.27. The van der Waals surface area contributed by atoms with Gasteiger partial charge in [-0.2, -0.15) is 0 Å². The summed E-state index contributed by atoms with van der Waals surface area (Å²) < 4.78 is 15.4. The number of nitrogens with one attached hydrogen (secondary N) is 1. The summed E-state index contributed by atoms with van der Waals surface area (Å²) in [7, 11) is 1.60. The van der Waals surface area contributed by atoms with Crippen molar-refractivity contribution < 1.29 is 14.0 Å². The largest absolute Gasteiger partial charge is 0.359 e. The smallest absolute Gasteiger partial charge is 0.254 e. The van der Waals surface area contributed by atoms with Gasteiger partial charge in [-0.05, 0) is 30.3 Å². The molecular formula is C18H19ClFN3O2. The summed E-state index contributed by atoms with van der Waals surface area (Å²) >= 11 is 5.81. The molecule has 7 heteroatoms. The highest BCUT2D eigenvalue weighted by atomic mass is 35.5. The van der Waals surface area contributed by atoms with Crippen LogP contribution in [-0.2, 0) is 17.9 Å². The SMILES string of the molecule is CNC(=O)C[C@@H]1CN(C(=O)c2ccc(F)c(Cl)c2)Cc2cccn2C1. The second kappa shape index (κ2) is 7.27. The van der Waals surface area contributed by atoms with Crippen molar-refractivity contribution in [3.63, 3.8) is 0 Å². The standard InChI is InChI=1S/C18H19ClFN3O2/c1-21-17(24)7-12-9-22-6-2-3-14(22)11-23(10-12)18(25)13-4-5-16(20)15(19)8-13/h2-6,8,12H,7,9-11H2,1H3,(H,21,24)/t12-/m0/s1. The van der Waals surface area contributed by atoms with Crippen LogP contribution in [0.2, 0.25) is 5.02 Å². The molecule has 1 aliphatic rings. The molecule has 0 bridgehead atoms. The highest BCUT2D eigenvalue weighted by molar-refractivity contribution is 6.31. The zero-order valence-electron chi connectivity index (χ0n) is 13.8. The number of aromatic nitrogens is 1. The molecule has 2 amide bonds.